The lowest BCUT2D eigenvalue weighted by molar-refractivity contribution is -0.115. The maximum Gasteiger partial charge on any atom is 0.214 e. The lowest BCUT2D eigenvalue weighted by atomic mass is 10.2. The van der Waals surface area contributed by atoms with Crippen molar-refractivity contribution in [3.63, 3.8) is 0 Å². The summed E-state index contributed by atoms with van der Waals surface area (Å²) in [5.74, 6) is -0.333. The van der Waals surface area contributed by atoms with Crippen LogP contribution in [0.25, 0.3) is 10.9 Å². The number of benzene rings is 1. The number of nitrogens with zero attached hydrogens (tertiary/aromatic N) is 1. The van der Waals surface area contributed by atoms with Gasteiger partial charge in [-0.3, -0.25) is 9.78 Å². The van der Waals surface area contributed by atoms with Crippen molar-refractivity contribution in [2.45, 2.75) is 6.92 Å². The summed E-state index contributed by atoms with van der Waals surface area (Å²) in [6.07, 6.45) is 1.75. The van der Waals surface area contributed by atoms with Crippen LogP contribution in [-0.4, -0.2) is 10.9 Å². The Kier molecular flexibility index (Phi) is 3.62. The zero-order valence-electron chi connectivity index (χ0n) is 8.47. The number of hydrogen-bond acceptors (Lipinski definition) is 3. The van der Waals surface area contributed by atoms with Crippen molar-refractivity contribution >= 4 is 22.5 Å². The van der Waals surface area contributed by atoms with Gasteiger partial charge in [-0.15, -0.1) is 0 Å². The van der Waals surface area contributed by atoms with E-state index in [0.717, 1.165) is 16.6 Å². The quantitative estimate of drug-likeness (QED) is 0.633. The molecule has 2 aromatic rings. The van der Waals surface area contributed by atoms with Crippen molar-refractivity contribution in [3.05, 3.63) is 36.5 Å². The molecule has 4 N–H and O–H groups in total. The Morgan fingerprint density at radius 3 is 2.47 bits per heavy atom. The van der Waals surface area contributed by atoms with Crippen molar-refractivity contribution < 1.29 is 4.79 Å². The molecule has 0 aliphatic rings. The Labute approximate surface area is 87.9 Å². The molecule has 1 aromatic carbocycles. The van der Waals surface area contributed by atoms with E-state index in [1.165, 1.54) is 6.92 Å². The van der Waals surface area contributed by atoms with E-state index in [4.69, 9.17) is 5.73 Å². The van der Waals surface area contributed by atoms with Crippen LogP contribution in [0.4, 0.5) is 5.69 Å². The Morgan fingerprint density at radius 1 is 1.27 bits per heavy atom. The Morgan fingerprint density at radius 2 is 1.87 bits per heavy atom. The lowest BCUT2D eigenvalue weighted by Crippen LogP contribution is -2.01. The highest BCUT2D eigenvalue weighted by atomic mass is 16.1. The highest BCUT2D eigenvalue weighted by molar-refractivity contribution is 5.88. The van der Waals surface area contributed by atoms with Crippen LogP contribution in [0.5, 0.6) is 0 Å². The van der Waals surface area contributed by atoms with E-state index in [9.17, 15) is 4.79 Å². The third-order valence-corrected chi connectivity index (χ3v) is 1.66. The molecule has 78 valence electrons. The van der Waals surface area contributed by atoms with Crippen molar-refractivity contribution in [2.75, 3.05) is 5.73 Å². The second kappa shape index (κ2) is 4.95. The van der Waals surface area contributed by atoms with Gasteiger partial charge >= 0.3 is 0 Å². The Balaban J connectivity index is 0.000000245. The number of carbonyl (C=O) groups excluding carboxylic acids is 1. The molecule has 0 radical (unpaired) electrons. The van der Waals surface area contributed by atoms with Gasteiger partial charge in [-0.25, -0.2) is 0 Å². The zero-order valence-corrected chi connectivity index (χ0v) is 8.47. The molecular weight excluding hydrogens is 190 g/mol. The van der Waals surface area contributed by atoms with Crippen molar-refractivity contribution in [2.24, 2.45) is 5.73 Å². The van der Waals surface area contributed by atoms with Gasteiger partial charge < -0.3 is 11.5 Å². The highest BCUT2D eigenvalue weighted by Gasteiger charge is 1.94. The molecule has 0 unspecified atom stereocenters. The topological polar surface area (TPSA) is 82.0 Å². The first-order valence-corrected chi connectivity index (χ1v) is 4.46. The second-order valence-electron chi connectivity index (χ2n) is 3.03. The van der Waals surface area contributed by atoms with Gasteiger partial charge in [-0.1, -0.05) is 18.2 Å². The second-order valence-corrected chi connectivity index (χ2v) is 3.03. The molecule has 1 amide bonds. The smallest absolute Gasteiger partial charge is 0.214 e. The van der Waals surface area contributed by atoms with E-state index in [0.29, 0.717) is 0 Å². The molecule has 0 aliphatic heterocycles. The van der Waals surface area contributed by atoms with Crippen LogP contribution in [0.3, 0.4) is 0 Å². The molecule has 0 saturated carbocycles. The number of pyridine rings is 1. The fourth-order valence-corrected chi connectivity index (χ4v) is 1.13. The number of nitrogens with two attached hydrogens (primary N) is 2. The summed E-state index contributed by atoms with van der Waals surface area (Å²) in [6, 6.07) is 9.69. The summed E-state index contributed by atoms with van der Waals surface area (Å²) in [5.41, 5.74) is 11.8. The first-order chi connectivity index (χ1) is 7.11. The molecule has 0 fully saturated rings. The number of rotatable bonds is 0. The number of fused-ring (bicyclic) bond motifs is 1. The van der Waals surface area contributed by atoms with Crippen LogP contribution in [-0.2, 0) is 4.79 Å². The summed E-state index contributed by atoms with van der Waals surface area (Å²) in [6.45, 7) is 1.31. The van der Waals surface area contributed by atoms with Crippen LogP contribution in [0, 0.1) is 0 Å². The fourth-order valence-electron chi connectivity index (χ4n) is 1.13. The summed E-state index contributed by atoms with van der Waals surface area (Å²) in [4.78, 5) is 13.4. The van der Waals surface area contributed by atoms with Crippen LogP contribution < -0.4 is 11.5 Å². The zero-order chi connectivity index (χ0) is 11.3. The summed E-state index contributed by atoms with van der Waals surface area (Å²) >= 11 is 0. The van der Waals surface area contributed by atoms with E-state index in [2.05, 4.69) is 10.7 Å². The standard InChI is InChI=1S/C9H8N2.C2H5NO/c10-8-5-1-3-7-4-2-6-11-9(7)8;1-2(3)4/h1-6H,10H2;1H3,(H2,3,4). The van der Waals surface area contributed by atoms with Gasteiger partial charge in [0.2, 0.25) is 5.91 Å². The van der Waals surface area contributed by atoms with Gasteiger partial charge in [-0.2, -0.15) is 0 Å². The van der Waals surface area contributed by atoms with Gasteiger partial charge in [0, 0.05) is 18.5 Å². The average molecular weight is 203 g/mol. The van der Waals surface area contributed by atoms with Crippen LogP contribution in [0.15, 0.2) is 36.5 Å². The Hall–Kier alpha value is -2.10. The lowest BCUT2D eigenvalue weighted by Gasteiger charge is -1.97. The summed E-state index contributed by atoms with van der Waals surface area (Å²) < 4.78 is 0. The maximum atomic E-state index is 9.22. The number of amides is 1. The molecule has 4 nitrogen and oxygen atoms in total. The molecule has 0 saturated heterocycles. The first-order valence-electron chi connectivity index (χ1n) is 4.46. The van der Waals surface area contributed by atoms with Crippen molar-refractivity contribution in [1.29, 1.82) is 0 Å². The van der Waals surface area contributed by atoms with E-state index in [-0.39, 0.29) is 5.91 Å². The minimum absolute atomic E-state index is 0.333. The van der Waals surface area contributed by atoms with Gasteiger partial charge in [0.1, 0.15) is 0 Å². The molecule has 1 aromatic heterocycles. The van der Waals surface area contributed by atoms with E-state index >= 15 is 0 Å². The molecule has 0 bridgehead atoms. The fraction of sp³-hybridized carbons (Fsp3) is 0.0909. The number of para-hydroxylation sites is 1. The van der Waals surface area contributed by atoms with Gasteiger partial charge in [0.05, 0.1) is 11.2 Å². The number of nitrogen functional groups attached to an aromatic ring is 1. The van der Waals surface area contributed by atoms with Crippen molar-refractivity contribution in [3.8, 4) is 0 Å². The van der Waals surface area contributed by atoms with E-state index in [1.54, 1.807) is 6.20 Å². The summed E-state index contributed by atoms with van der Waals surface area (Å²) in [5, 5.41) is 1.09. The van der Waals surface area contributed by atoms with Crippen LogP contribution >= 0.6 is 0 Å². The predicted octanol–water partition coefficient (Wildman–Crippen LogP) is 1.31. The van der Waals surface area contributed by atoms with Gasteiger partial charge in [0.25, 0.3) is 0 Å². The first kappa shape index (κ1) is 11.0. The Bertz CT molecular complexity index is 459. The monoisotopic (exact) mass is 203 g/mol. The maximum absolute atomic E-state index is 9.22. The number of primary amides is 1. The average Bonchev–Trinajstić information content (AvgIpc) is 2.18. The van der Waals surface area contributed by atoms with E-state index in [1.807, 2.05) is 30.3 Å². The van der Waals surface area contributed by atoms with Crippen LogP contribution in [0.1, 0.15) is 6.92 Å². The number of aromatic nitrogens is 1. The molecule has 0 aliphatic carbocycles. The third-order valence-electron chi connectivity index (χ3n) is 1.66. The molecule has 1 heterocycles. The predicted molar refractivity (Wildman–Crippen MR) is 61.0 cm³/mol. The molecular formula is C11H13N3O. The number of carbonyl (C=O) groups is 1. The molecule has 15 heavy (non-hydrogen) atoms. The number of anilines is 1. The molecule has 0 spiro atoms. The largest absolute Gasteiger partial charge is 0.397 e. The third kappa shape index (κ3) is 3.27. The molecule has 2 rings (SSSR count). The minimum atomic E-state index is -0.333. The molecule has 4 heteroatoms. The normalized spacial score (nSPS) is 9.13. The molecule has 0 atom stereocenters. The van der Waals surface area contributed by atoms with Crippen molar-refractivity contribution in [1.82, 2.24) is 4.98 Å². The minimum Gasteiger partial charge on any atom is -0.397 e. The van der Waals surface area contributed by atoms with E-state index < -0.39 is 0 Å². The van der Waals surface area contributed by atoms with Crippen LogP contribution in [0.2, 0.25) is 0 Å². The number of hydrogen-bond donors (Lipinski definition) is 2. The highest BCUT2D eigenvalue weighted by Crippen LogP contribution is 2.16. The SMILES string of the molecule is CC(N)=O.Nc1cccc2cccnc12. The van der Waals surface area contributed by atoms with Gasteiger partial charge in [0.15, 0.2) is 0 Å². The summed E-state index contributed by atoms with van der Waals surface area (Å²) in [7, 11) is 0. The van der Waals surface area contributed by atoms with Gasteiger partial charge in [-0.05, 0) is 12.1 Å².